The maximum atomic E-state index is 13.6. The summed E-state index contributed by atoms with van der Waals surface area (Å²) in [7, 11) is 2.17. The molecule has 194 valence electrons. The Hall–Kier alpha value is -2.56. The van der Waals surface area contributed by atoms with Crippen LogP contribution in [0, 0.1) is 16.7 Å². The molecule has 1 saturated carbocycles. The van der Waals surface area contributed by atoms with Crippen molar-refractivity contribution in [2.45, 2.75) is 44.7 Å². The van der Waals surface area contributed by atoms with E-state index in [4.69, 9.17) is 14.3 Å². The Bertz CT molecular complexity index is 937. The molecule has 3 saturated heterocycles. The number of rotatable bonds is 2. The Morgan fingerprint density at radius 2 is 1.66 bits per heavy atom. The Labute approximate surface area is 202 Å². The maximum absolute atomic E-state index is 13.6. The number of carboxylic acid groups (broad SMARTS) is 1. The number of nitrogens with zero attached hydrogens (tertiary/aromatic N) is 3. The molecule has 4 fully saturated rings. The predicted octanol–water partition coefficient (Wildman–Crippen LogP) is 3.10. The molecule has 1 aromatic heterocycles. The van der Waals surface area contributed by atoms with Crippen molar-refractivity contribution in [2.75, 3.05) is 46.3 Å². The first-order valence-electron chi connectivity index (χ1n) is 12.1. The Kier molecular flexibility index (Phi) is 6.91. The molecule has 1 aliphatic carbocycles. The van der Waals surface area contributed by atoms with Crippen LogP contribution < -0.4 is 0 Å². The molecule has 0 aromatic carbocycles. The standard InChI is InChI=1S/C22H31N3O3.C2HF3O2/c1-23-15-18-21(6-7-22(18,16-23)20(27)25-10-2-3-11-25)8-12-24(13-9-21)19(26)17-5-4-14-28-17;3-2(4,5)1(6)7/h4-5,14,18H,2-3,6-13,15-16H2,1H3;(H,6,7)/t18-,22+;/m0./s1. The van der Waals surface area contributed by atoms with Crippen molar-refractivity contribution in [1.29, 1.82) is 0 Å². The van der Waals surface area contributed by atoms with Gasteiger partial charge in [0.25, 0.3) is 5.91 Å². The zero-order valence-corrected chi connectivity index (χ0v) is 19.9. The van der Waals surface area contributed by atoms with Crippen molar-refractivity contribution in [3.8, 4) is 0 Å². The number of carbonyl (C=O) groups excluding carboxylic acids is 2. The van der Waals surface area contributed by atoms with Crippen LogP contribution in [-0.2, 0) is 9.59 Å². The Morgan fingerprint density at radius 1 is 1.03 bits per heavy atom. The third-order valence-electron chi connectivity index (χ3n) is 8.36. The molecule has 0 bridgehead atoms. The van der Waals surface area contributed by atoms with Crippen molar-refractivity contribution in [2.24, 2.45) is 16.7 Å². The van der Waals surface area contributed by atoms with Crippen LogP contribution in [0.5, 0.6) is 0 Å². The average Bonchev–Trinajstić information content (AvgIpc) is 3.60. The van der Waals surface area contributed by atoms with Gasteiger partial charge in [0.05, 0.1) is 11.7 Å². The molecule has 1 spiro atoms. The van der Waals surface area contributed by atoms with Gasteiger partial charge in [0.1, 0.15) is 0 Å². The quantitative estimate of drug-likeness (QED) is 0.672. The highest BCUT2D eigenvalue weighted by Gasteiger charge is 2.64. The lowest BCUT2D eigenvalue weighted by Crippen LogP contribution is -2.50. The fraction of sp³-hybridized carbons (Fsp3) is 0.708. The summed E-state index contributed by atoms with van der Waals surface area (Å²) < 4.78 is 37.0. The molecule has 4 heterocycles. The third-order valence-corrected chi connectivity index (χ3v) is 8.36. The first kappa shape index (κ1) is 25.5. The number of fused-ring (bicyclic) bond motifs is 2. The van der Waals surface area contributed by atoms with Crippen LogP contribution >= 0.6 is 0 Å². The molecular formula is C24H32F3N3O5. The maximum Gasteiger partial charge on any atom is 0.490 e. The van der Waals surface area contributed by atoms with Crippen LogP contribution in [0.3, 0.4) is 0 Å². The minimum atomic E-state index is -5.08. The van der Waals surface area contributed by atoms with Crippen molar-refractivity contribution in [3.63, 3.8) is 0 Å². The van der Waals surface area contributed by atoms with Gasteiger partial charge < -0.3 is 24.2 Å². The number of carboxylic acids is 1. The topological polar surface area (TPSA) is 94.3 Å². The van der Waals surface area contributed by atoms with Gasteiger partial charge in [-0.1, -0.05) is 0 Å². The van der Waals surface area contributed by atoms with Crippen molar-refractivity contribution in [1.82, 2.24) is 14.7 Å². The number of likely N-dealkylation sites (tertiary alicyclic amines) is 3. The molecule has 0 unspecified atom stereocenters. The van der Waals surface area contributed by atoms with Crippen LogP contribution in [0.25, 0.3) is 0 Å². The van der Waals surface area contributed by atoms with Crippen LogP contribution in [0.4, 0.5) is 13.2 Å². The summed E-state index contributed by atoms with van der Waals surface area (Å²) in [5.41, 5.74) is 0.0202. The van der Waals surface area contributed by atoms with Gasteiger partial charge in [-0.15, -0.1) is 0 Å². The summed E-state index contributed by atoms with van der Waals surface area (Å²) in [6.07, 6.45) is 2.94. The number of furan rings is 1. The predicted molar refractivity (Wildman–Crippen MR) is 118 cm³/mol. The highest BCUT2D eigenvalue weighted by atomic mass is 19.4. The van der Waals surface area contributed by atoms with E-state index in [0.717, 1.165) is 77.8 Å². The van der Waals surface area contributed by atoms with Gasteiger partial charge in [-0.3, -0.25) is 9.59 Å². The fourth-order valence-electron chi connectivity index (χ4n) is 6.69. The number of alkyl halides is 3. The van der Waals surface area contributed by atoms with E-state index in [1.54, 1.807) is 18.4 Å². The minimum Gasteiger partial charge on any atom is -0.475 e. The van der Waals surface area contributed by atoms with Gasteiger partial charge in [-0.2, -0.15) is 13.2 Å². The molecule has 3 aliphatic heterocycles. The van der Waals surface area contributed by atoms with Crippen LogP contribution in [0.1, 0.15) is 49.1 Å². The second kappa shape index (κ2) is 9.48. The largest absolute Gasteiger partial charge is 0.490 e. The van der Waals surface area contributed by atoms with Crippen molar-refractivity contribution >= 4 is 17.8 Å². The highest BCUT2D eigenvalue weighted by molar-refractivity contribution is 5.91. The molecule has 11 heteroatoms. The van der Waals surface area contributed by atoms with E-state index in [-0.39, 0.29) is 16.7 Å². The summed E-state index contributed by atoms with van der Waals surface area (Å²) in [5, 5.41) is 7.12. The molecule has 0 radical (unpaired) electrons. The number of halogens is 3. The van der Waals surface area contributed by atoms with E-state index in [1.807, 2.05) is 4.90 Å². The van der Waals surface area contributed by atoms with Gasteiger partial charge in [0, 0.05) is 39.3 Å². The van der Waals surface area contributed by atoms with E-state index in [1.165, 1.54) is 0 Å². The highest BCUT2D eigenvalue weighted by Crippen LogP contribution is 2.62. The normalized spacial score (nSPS) is 28.1. The monoisotopic (exact) mass is 499 g/mol. The van der Waals surface area contributed by atoms with Crippen molar-refractivity contribution in [3.05, 3.63) is 24.2 Å². The Balaban J connectivity index is 0.000000364. The molecule has 1 aromatic rings. The van der Waals surface area contributed by atoms with Crippen LogP contribution in [0.2, 0.25) is 0 Å². The number of aliphatic carboxylic acids is 1. The molecule has 5 rings (SSSR count). The summed E-state index contributed by atoms with van der Waals surface area (Å²) in [4.78, 5) is 41.6. The van der Waals surface area contributed by atoms with E-state index < -0.39 is 12.1 Å². The second-order valence-electron chi connectivity index (χ2n) is 10.3. The zero-order chi connectivity index (χ0) is 25.4. The summed E-state index contributed by atoms with van der Waals surface area (Å²) in [6, 6.07) is 3.51. The van der Waals surface area contributed by atoms with Gasteiger partial charge in [0.15, 0.2) is 5.76 Å². The number of hydrogen-bond donors (Lipinski definition) is 1. The van der Waals surface area contributed by atoms with E-state index in [0.29, 0.717) is 17.6 Å². The molecule has 4 aliphatic rings. The van der Waals surface area contributed by atoms with E-state index >= 15 is 0 Å². The fourth-order valence-corrected chi connectivity index (χ4v) is 6.69. The lowest BCUT2D eigenvalue weighted by Gasteiger charge is -2.44. The zero-order valence-electron chi connectivity index (χ0n) is 19.9. The second-order valence-corrected chi connectivity index (χ2v) is 10.3. The van der Waals surface area contributed by atoms with Gasteiger partial charge >= 0.3 is 12.1 Å². The van der Waals surface area contributed by atoms with E-state index in [2.05, 4.69) is 16.8 Å². The number of piperidine rings is 1. The summed E-state index contributed by atoms with van der Waals surface area (Å²) >= 11 is 0. The van der Waals surface area contributed by atoms with Gasteiger partial charge in [-0.05, 0) is 69.0 Å². The first-order valence-corrected chi connectivity index (χ1v) is 12.1. The van der Waals surface area contributed by atoms with Crippen LogP contribution in [0.15, 0.2) is 22.8 Å². The lowest BCUT2D eigenvalue weighted by molar-refractivity contribution is -0.192. The average molecular weight is 500 g/mol. The lowest BCUT2D eigenvalue weighted by atomic mass is 9.65. The van der Waals surface area contributed by atoms with Crippen molar-refractivity contribution < 1.29 is 37.1 Å². The van der Waals surface area contributed by atoms with E-state index in [9.17, 15) is 22.8 Å². The molecule has 1 N–H and O–H groups in total. The molecule has 8 nitrogen and oxygen atoms in total. The number of amides is 2. The first-order chi connectivity index (χ1) is 16.5. The molecule has 2 amide bonds. The van der Waals surface area contributed by atoms with Gasteiger partial charge in [-0.25, -0.2) is 4.79 Å². The smallest absolute Gasteiger partial charge is 0.475 e. The van der Waals surface area contributed by atoms with Gasteiger partial charge in [0.2, 0.25) is 5.91 Å². The SMILES string of the molecule is CN1C[C@H]2C3(CCN(C(=O)c4ccco4)CC3)CC[C@@]2(C(=O)N2CCCC2)C1.O=C(O)C(F)(F)F. The summed E-state index contributed by atoms with van der Waals surface area (Å²) in [5.74, 6) is -1.47. The Morgan fingerprint density at radius 3 is 2.20 bits per heavy atom. The molecular weight excluding hydrogens is 467 g/mol. The molecule has 2 atom stereocenters. The number of hydrogen-bond acceptors (Lipinski definition) is 5. The molecule has 35 heavy (non-hydrogen) atoms. The number of carbonyl (C=O) groups is 3. The minimum absolute atomic E-state index is 0.000735. The van der Waals surface area contributed by atoms with Crippen LogP contribution in [-0.4, -0.2) is 90.1 Å². The summed E-state index contributed by atoms with van der Waals surface area (Å²) in [6.45, 7) is 5.35. The third kappa shape index (κ3) is 4.79.